The Morgan fingerprint density at radius 2 is 2.39 bits per heavy atom. The third-order valence-corrected chi connectivity index (χ3v) is 3.71. The van der Waals surface area contributed by atoms with E-state index in [1.807, 2.05) is 13.2 Å². The van der Waals surface area contributed by atoms with Crippen LogP contribution >= 0.6 is 0 Å². The average Bonchev–Trinajstić information content (AvgIpc) is 2.39. The van der Waals surface area contributed by atoms with E-state index < -0.39 is 0 Å². The molecule has 2 rings (SSSR count). The summed E-state index contributed by atoms with van der Waals surface area (Å²) in [7, 11) is 6.36. The molecule has 1 saturated heterocycles. The maximum Gasteiger partial charge on any atom is 0.0562 e. The zero-order valence-electron chi connectivity index (χ0n) is 11.7. The number of aromatic nitrogens is 1. The van der Waals surface area contributed by atoms with Crippen molar-refractivity contribution in [2.24, 2.45) is 0 Å². The number of nitrogens with one attached hydrogen (secondary N) is 1. The Balaban J connectivity index is 2.07. The summed E-state index contributed by atoms with van der Waals surface area (Å²) < 4.78 is 0. The predicted molar refractivity (Wildman–Crippen MR) is 75.9 cm³/mol. The van der Waals surface area contributed by atoms with E-state index >= 15 is 0 Å². The van der Waals surface area contributed by atoms with Crippen LogP contribution in [0.3, 0.4) is 0 Å². The first kappa shape index (κ1) is 13.3. The van der Waals surface area contributed by atoms with Crippen LogP contribution in [0.2, 0.25) is 0 Å². The van der Waals surface area contributed by atoms with Crippen molar-refractivity contribution in [3.05, 3.63) is 24.0 Å². The molecule has 1 N–H and O–H groups in total. The van der Waals surface area contributed by atoms with E-state index in [2.05, 4.69) is 46.3 Å². The van der Waals surface area contributed by atoms with Gasteiger partial charge in [-0.2, -0.15) is 0 Å². The minimum Gasteiger partial charge on any atom is -0.370 e. The molecule has 1 aliphatic rings. The summed E-state index contributed by atoms with van der Waals surface area (Å²) in [5, 5.41) is 3.15. The molecule has 18 heavy (non-hydrogen) atoms. The molecule has 0 bridgehead atoms. The second kappa shape index (κ2) is 6.16. The molecule has 2 heterocycles. The molecule has 1 aromatic heterocycles. The summed E-state index contributed by atoms with van der Waals surface area (Å²) in [5.41, 5.74) is 2.38. The number of likely N-dealkylation sites (N-methyl/N-ethyl adjacent to an activating group) is 2. The van der Waals surface area contributed by atoms with Gasteiger partial charge in [0, 0.05) is 38.1 Å². The molecule has 0 aliphatic carbocycles. The minimum absolute atomic E-state index is 0.619. The molecule has 1 unspecified atom stereocenters. The lowest BCUT2D eigenvalue weighted by molar-refractivity contribution is 0.248. The molecule has 4 heteroatoms. The number of anilines is 1. The molecule has 0 saturated carbocycles. The van der Waals surface area contributed by atoms with Crippen LogP contribution in [-0.4, -0.2) is 50.2 Å². The second-order valence-electron chi connectivity index (χ2n) is 5.20. The van der Waals surface area contributed by atoms with Crippen molar-refractivity contribution in [3.8, 4) is 0 Å². The molecule has 1 fully saturated rings. The van der Waals surface area contributed by atoms with Crippen LogP contribution in [0.4, 0.5) is 5.69 Å². The molecule has 4 nitrogen and oxygen atoms in total. The number of likely N-dealkylation sites (tertiary alicyclic amines) is 1. The number of rotatable bonds is 4. The zero-order chi connectivity index (χ0) is 13.0. The topological polar surface area (TPSA) is 31.4 Å². The summed E-state index contributed by atoms with van der Waals surface area (Å²) in [6, 6.07) is 4.91. The molecule has 0 aromatic carbocycles. The lowest BCUT2D eigenvalue weighted by Gasteiger charge is -2.37. The van der Waals surface area contributed by atoms with Gasteiger partial charge < -0.3 is 15.1 Å². The van der Waals surface area contributed by atoms with E-state index in [1.54, 1.807) is 0 Å². The van der Waals surface area contributed by atoms with Gasteiger partial charge in [-0.05, 0) is 45.6 Å². The van der Waals surface area contributed by atoms with Gasteiger partial charge in [0.2, 0.25) is 0 Å². The van der Waals surface area contributed by atoms with Crippen molar-refractivity contribution in [3.63, 3.8) is 0 Å². The normalized spacial score (nSPS) is 20.9. The lowest BCUT2D eigenvalue weighted by atomic mass is 10.0. The van der Waals surface area contributed by atoms with Crippen molar-refractivity contribution in [1.29, 1.82) is 0 Å². The number of hydrogen-bond acceptors (Lipinski definition) is 4. The monoisotopic (exact) mass is 248 g/mol. The van der Waals surface area contributed by atoms with Gasteiger partial charge in [-0.15, -0.1) is 0 Å². The van der Waals surface area contributed by atoms with Crippen molar-refractivity contribution >= 4 is 5.69 Å². The number of hydrogen-bond donors (Lipinski definition) is 1. The Morgan fingerprint density at radius 1 is 1.56 bits per heavy atom. The fourth-order valence-electron chi connectivity index (χ4n) is 2.63. The van der Waals surface area contributed by atoms with Gasteiger partial charge >= 0.3 is 0 Å². The van der Waals surface area contributed by atoms with Gasteiger partial charge in [-0.1, -0.05) is 0 Å². The smallest absolute Gasteiger partial charge is 0.0562 e. The van der Waals surface area contributed by atoms with Gasteiger partial charge in [0.15, 0.2) is 0 Å². The van der Waals surface area contributed by atoms with Gasteiger partial charge in [-0.25, -0.2) is 0 Å². The van der Waals surface area contributed by atoms with Crippen LogP contribution in [0, 0.1) is 0 Å². The molecule has 1 aliphatic heterocycles. The SMILES string of the molecule is CNCc1cc(N(C)C2CCCN(C)C2)ccn1. The maximum absolute atomic E-state index is 4.37. The molecule has 1 atom stereocenters. The van der Waals surface area contributed by atoms with Crippen molar-refractivity contribution in [2.45, 2.75) is 25.4 Å². The highest BCUT2D eigenvalue weighted by atomic mass is 15.2. The highest BCUT2D eigenvalue weighted by Crippen LogP contribution is 2.21. The Kier molecular flexibility index (Phi) is 4.55. The number of piperidine rings is 1. The predicted octanol–water partition coefficient (Wildman–Crippen LogP) is 1.33. The van der Waals surface area contributed by atoms with Gasteiger partial charge in [0.25, 0.3) is 0 Å². The molecule has 100 valence electrons. The first-order valence-electron chi connectivity index (χ1n) is 6.71. The van der Waals surface area contributed by atoms with Crippen molar-refractivity contribution in [2.75, 3.05) is 39.1 Å². The Hall–Kier alpha value is -1.13. The molecule has 0 spiro atoms. The van der Waals surface area contributed by atoms with E-state index in [4.69, 9.17) is 0 Å². The van der Waals surface area contributed by atoms with Gasteiger partial charge in [0.05, 0.1) is 5.69 Å². The third kappa shape index (κ3) is 3.21. The van der Waals surface area contributed by atoms with Crippen LogP contribution in [-0.2, 0) is 6.54 Å². The van der Waals surface area contributed by atoms with E-state index in [1.165, 1.54) is 25.1 Å². The maximum atomic E-state index is 4.37. The molecule has 0 amide bonds. The second-order valence-corrected chi connectivity index (χ2v) is 5.20. The van der Waals surface area contributed by atoms with Crippen LogP contribution in [0.25, 0.3) is 0 Å². The average molecular weight is 248 g/mol. The Bertz CT molecular complexity index is 380. The summed E-state index contributed by atoms with van der Waals surface area (Å²) >= 11 is 0. The van der Waals surface area contributed by atoms with E-state index in [9.17, 15) is 0 Å². The molecule has 1 aromatic rings. The standard InChI is InChI=1S/C14H24N4/c1-15-10-12-9-13(6-7-16-12)18(3)14-5-4-8-17(2)11-14/h6-7,9,14-15H,4-5,8,10-11H2,1-3H3. The highest BCUT2D eigenvalue weighted by molar-refractivity contribution is 5.47. The first-order valence-corrected chi connectivity index (χ1v) is 6.71. The van der Waals surface area contributed by atoms with Crippen molar-refractivity contribution in [1.82, 2.24) is 15.2 Å². The van der Waals surface area contributed by atoms with Crippen LogP contribution in [0.5, 0.6) is 0 Å². The van der Waals surface area contributed by atoms with Crippen LogP contribution in [0.15, 0.2) is 18.3 Å². The molecular weight excluding hydrogens is 224 g/mol. The van der Waals surface area contributed by atoms with E-state index in [0.717, 1.165) is 18.8 Å². The zero-order valence-corrected chi connectivity index (χ0v) is 11.7. The first-order chi connectivity index (χ1) is 8.70. The fraction of sp³-hybridized carbons (Fsp3) is 0.643. The van der Waals surface area contributed by atoms with Crippen LogP contribution < -0.4 is 10.2 Å². The number of nitrogens with zero attached hydrogens (tertiary/aromatic N) is 3. The summed E-state index contributed by atoms with van der Waals surface area (Å²) in [4.78, 5) is 9.19. The minimum atomic E-state index is 0.619. The van der Waals surface area contributed by atoms with Crippen LogP contribution in [0.1, 0.15) is 18.5 Å². The van der Waals surface area contributed by atoms with Crippen molar-refractivity contribution < 1.29 is 0 Å². The Morgan fingerprint density at radius 3 is 3.11 bits per heavy atom. The Labute approximate surface area is 110 Å². The molecular formula is C14H24N4. The van der Waals surface area contributed by atoms with Gasteiger partial charge in [-0.3, -0.25) is 4.98 Å². The van der Waals surface area contributed by atoms with E-state index in [-0.39, 0.29) is 0 Å². The van der Waals surface area contributed by atoms with Gasteiger partial charge in [0.1, 0.15) is 0 Å². The lowest BCUT2D eigenvalue weighted by Crippen LogP contribution is -2.45. The number of pyridine rings is 1. The summed E-state index contributed by atoms with van der Waals surface area (Å²) in [6.07, 6.45) is 4.48. The van der Waals surface area contributed by atoms with E-state index in [0.29, 0.717) is 6.04 Å². The quantitative estimate of drug-likeness (QED) is 0.871. The fourth-order valence-corrected chi connectivity index (χ4v) is 2.63. The summed E-state index contributed by atoms with van der Waals surface area (Å²) in [5.74, 6) is 0. The third-order valence-electron chi connectivity index (χ3n) is 3.71. The summed E-state index contributed by atoms with van der Waals surface area (Å²) in [6.45, 7) is 3.21. The highest BCUT2D eigenvalue weighted by Gasteiger charge is 2.21. The molecule has 0 radical (unpaired) electrons. The largest absolute Gasteiger partial charge is 0.370 e.